The number of anilines is 2. The van der Waals surface area contributed by atoms with E-state index in [0.29, 0.717) is 28.6 Å². The van der Waals surface area contributed by atoms with Crippen LogP contribution in [-0.2, 0) is 4.84 Å². The number of nitrogens with one attached hydrogen (secondary N) is 2. The Hall–Kier alpha value is -2.24. The summed E-state index contributed by atoms with van der Waals surface area (Å²) in [6, 6.07) is 4.83. The molecule has 0 saturated heterocycles. The molecule has 1 aromatic carbocycles. The standard InChI is InChI=1S/C18H17FIN3O4/c1-10-7-11(20)8-13(19)15(10)22-16-12-9-21-4-3-14(12)27-17(16)18(25)23-26-6-2-5-24/h3-4,7-9,22,24H,2,5-6H2,1H3,(H,23,25). The van der Waals surface area contributed by atoms with Crippen molar-refractivity contribution in [1.82, 2.24) is 10.5 Å². The second-order valence-corrected chi connectivity index (χ2v) is 6.98. The van der Waals surface area contributed by atoms with E-state index in [1.807, 2.05) is 28.7 Å². The van der Waals surface area contributed by atoms with Gasteiger partial charge in [-0.2, -0.15) is 0 Å². The van der Waals surface area contributed by atoms with Crippen LogP contribution < -0.4 is 10.8 Å². The molecular weight excluding hydrogens is 468 g/mol. The number of carbonyl (C=O) groups excluding carboxylic acids is 1. The first-order valence-electron chi connectivity index (χ1n) is 8.13. The molecule has 0 aliphatic carbocycles. The van der Waals surface area contributed by atoms with Crippen LogP contribution in [0.15, 0.2) is 35.0 Å². The van der Waals surface area contributed by atoms with Crippen LogP contribution in [0.3, 0.4) is 0 Å². The number of aliphatic hydroxyl groups is 1. The summed E-state index contributed by atoms with van der Waals surface area (Å²) in [6.07, 6.45) is 3.44. The lowest BCUT2D eigenvalue weighted by molar-refractivity contribution is 0.0243. The fourth-order valence-corrected chi connectivity index (χ4v) is 3.25. The molecule has 0 saturated carbocycles. The van der Waals surface area contributed by atoms with Crippen LogP contribution in [0, 0.1) is 16.3 Å². The Morgan fingerprint density at radius 1 is 1.41 bits per heavy atom. The number of fused-ring (bicyclic) bond motifs is 1. The average molecular weight is 485 g/mol. The molecule has 9 heteroatoms. The monoisotopic (exact) mass is 485 g/mol. The second kappa shape index (κ2) is 8.63. The quantitative estimate of drug-likeness (QED) is 0.269. The molecule has 0 atom stereocenters. The summed E-state index contributed by atoms with van der Waals surface area (Å²) < 4.78 is 20.9. The maximum atomic E-state index is 14.5. The maximum Gasteiger partial charge on any atom is 0.312 e. The fourth-order valence-electron chi connectivity index (χ4n) is 2.51. The Morgan fingerprint density at radius 3 is 2.96 bits per heavy atom. The lowest BCUT2D eigenvalue weighted by Crippen LogP contribution is -2.24. The SMILES string of the molecule is Cc1cc(I)cc(F)c1Nc1c(C(=O)NOCCCO)oc2ccncc12. The van der Waals surface area contributed by atoms with Gasteiger partial charge in [-0.3, -0.25) is 14.6 Å². The number of nitrogens with zero attached hydrogens (tertiary/aromatic N) is 1. The minimum Gasteiger partial charge on any atom is -0.448 e. The number of furan rings is 1. The molecule has 3 N–H and O–H groups in total. The number of halogens is 2. The number of aromatic nitrogens is 1. The number of amides is 1. The molecule has 1 amide bonds. The molecule has 0 radical (unpaired) electrons. The van der Waals surface area contributed by atoms with Crippen molar-refractivity contribution in [2.45, 2.75) is 13.3 Å². The van der Waals surface area contributed by atoms with E-state index in [0.717, 1.165) is 3.57 Å². The van der Waals surface area contributed by atoms with Crippen molar-refractivity contribution in [2.75, 3.05) is 18.5 Å². The normalized spacial score (nSPS) is 11.0. The molecule has 3 rings (SSSR count). The summed E-state index contributed by atoms with van der Waals surface area (Å²) in [5, 5.41) is 12.3. The van der Waals surface area contributed by atoms with Gasteiger partial charge in [0.15, 0.2) is 0 Å². The molecule has 142 valence electrons. The van der Waals surface area contributed by atoms with E-state index < -0.39 is 11.7 Å². The van der Waals surface area contributed by atoms with E-state index in [1.165, 1.54) is 18.5 Å². The first-order chi connectivity index (χ1) is 13.0. The summed E-state index contributed by atoms with van der Waals surface area (Å²) in [4.78, 5) is 21.5. The van der Waals surface area contributed by atoms with Crippen LogP contribution in [-0.4, -0.2) is 29.2 Å². The summed E-state index contributed by atoms with van der Waals surface area (Å²) >= 11 is 2.04. The zero-order valence-electron chi connectivity index (χ0n) is 14.4. The van der Waals surface area contributed by atoms with E-state index in [1.54, 1.807) is 13.0 Å². The largest absolute Gasteiger partial charge is 0.448 e. The Bertz CT molecular complexity index is 953. The highest BCUT2D eigenvalue weighted by Gasteiger charge is 2.23. The van der Waals surface area contributed by atoms with Crippen LogP contribution in [0.4, 0.5) is 15.8 Å². The number of benzene rings is 1. The molecule has 0 bridgehead atoms. The summed E-state index contributed by atoms with van der Waals surface area (Å²) in [6.45, 7) is 1.87. The molecule has 0 spiro atoms. The number of aryl methyl sites for hydroxylation is 1. The number of hydrogen-bond acceptors (Lipinski definition) is 6. The van der Waals surface area contributed by atoms with Crippen molar-refractivity contribution >= 4 is 50.8 Å². The van der Waals surface area contributed by atoms with Gasteiger partial charge in [-0.05, 0) is 59.7 Å². The fraction of sp³-hybridized carbons (Fsp3) is 0.222. The van der Waals surface area contributed by atoms with Gasteiger partial charge in [0.2, 0.25) is 5.76 Å². The number of hydrogen-bond donors (Lipinski definition) is 3. The van der Waals surface area contributed by atoms with Crippen molar-refractivity contribution < 1.29 is 23.5 Å². The van der Waals surface area contributed by atoms with Crippen LogP contribution in [0.1, 0.15) is 22.5 Å². The molecule has 0 aliphatic rings. The van der Waals surface area contributed by atoms with Gasteiger partial charge in [-0.25, -0.2) is 9.87 Å². The van der Waals surface area contributed by atoms with Gasteiger partial charge in [-0.1, -0.05) is 0 Å². The topological polar surface area (TPSA) is 96.6 Å². The third-order valence-electron chi connectivity index (χ3n) is 3.77. The van der Waals surface area contributed by atoms with Crippen molar-refractivity contribution in [3.05, 3.63) is 51.3 Å². The molecule has 0 aliphatic heterocycles. The first kappa shape index (κ1) is 19.5. The molecule has 27 heavy (non-hydrogen) atoms. The summed E-state index contributed by atoms with van der Waals surface area (Å²) in [5.74, 6) is -1.13. The zero-order valence-corrected chi connectivity index (χ0v) is 16.5. The number of carbonyl (C=O) groups is 1. The number of aliphatic hydroxyl groups excluding tert-OH is 1. The lowest BCUT2D eigenvalue weighted by Gasteiger charge is -2.12. The smallest absolute Gasteiger partial charge is 0.312 e. The highest BCUT2D eigenvalue weighted by atomic mass is 127. The first-order valence-corrected chi connectivity index (χ1v) is 9.21. The molecule has 2 heterocycles. The van der Waals surface area contributed by atoms with Crippen molar-refractivity contribution in [1.29, 1.82) is 0 Å². The van der Waals surface area contributed by atoms with Crippen molar-refractivity contribution in [2.24, 2.45) is 0 Å². The highest BCUT2D eigenvalue weighted by Crippen LogP contribution is 2.35. The van der Waals surface area contributed by atoms with Crippen LogP contribution >= 0.6 is 22.6 Å². The van der Waals surface area contributed by atoms with Gasteiger partial charge in [0.1, 0.15) is 17.1 Å². The van der Waals surface area contributed by atoms with Gasteiger partial charge >= 0.3 is 5.91 Å². The molecule has 2 aromatic heterocycles. The van der Waals surface area contributed by atoms with Gasteiger partial charge in [0.25, 0.3) is 0 Å². The van der Waals surface area contributed by atoms with Gasteiger partial charge in [0, 0.05) is 22.6 Å². The van der Waals surface area contributed by atoms with Gasteiger partial charge < -0.3 is 14.8 Å². The predicted octanol–water partition coefficient (Wildman–Crippen LogP) is 3.67. The minimum absolute atomic E-state index is 0.0512. The van der Waals surface area contributed by atoms with Gasteiger partial charge in [0.05, 0.1) is 17.7 Å². The lowest BCUT2D eigenvalue weighted by atomic mass is 10.1. The summed E-state index contributed by atoms with van der Waals surface area (Å²) in [5.41, 5.74) is 3.91. The molecule has 3 aromatic rings. The van der Waals surface area contributed by atoms with E-state index in [9.17, 15) is 9.18 Å². The van der Waals surface area contributed by atoms with Gasteiger partial charge in [-0.15, -0.1) is 0 Å². The van der Waals surface area contributed by atoms with E-state index in [2.05, 4.69) is 15.8 Å². The number of pyridine rings is 1. The van der Waals surface area contributed by atoms with Crippen LogP contribution in [0.2, 0.25) is 0 Å². The van der Waals surface area contributed by atoms with E-state index in [-0.39, 0.29) is 24.7 Å². The average Bonchev–Trinajstić information content (AvgIpc) is 3.00. The Morgan fingerprint density at radius 2 is 2.22 bits per heavy atom. The Labute approximate surface area is 168 Å². The van der Waals surface area contributed by atoms with Crippen molar-refractivity contribution in [3.8, 4) is 0 Å². The third kappa shape index (κ3) is 4.37. The Kier molecular flexibility index (Phi) is 6.24. The third-order valence-corrected chi connectivity index (χ3v) is 4.39. The summed E-state index contributed by atoms with van der Waals surface area (Å²) in [7, 11) is 0. The van der Waals surface area contributed by atoms with Crippen LogP contribution in [0.25, 0.3) is 11.0 Å². The maximum absolute atomic E-state index is 14.5. The van der Waals surface area contributed by atoms with Crippen molar-refractivity contribution in [3.63, 3.8) is 0 Å². The predicted molar refractivity (Wildman–Crippen MR) is 106 cm³/mol. The van der Waals surface area contributed by atoms with E-state index >= 15 is 0 Å². The highest BCUT2D eigenvalue weighted by molar-refractivity contribution is 14.1. The number of hydroxylamine groups is 1. The number of rotatable bonds is 7. The molecule has 7 nitrogen and oxygen atoms in total. The van der Waals surface area contributed by atoms with Crippen LogP contribution in [0.5, 0.6) is 0 Å². The molecule has 0 unspecified atom stereocenters. The Balaban J connectivity index is 1.97. The zero-order chi connectivity index (χ0) is 19.4. The molecular formula is C18H17FIN3O4. The van der Waals surface area contributed by atoms with E-state index in [4.69, 9.17) is 14.4 Å². The second-order valence-electron chi connectivity index (χ2n) is 5.74. The minimum atomic E-state index is -0.629. The molecule has 0 fully saturated rings.